The molecular formula is C16H25F2N3. The van der Waals surface area contributed by atoms with E-state index in [0.29, 0.717) is 24.6 Å². The Kier molecular flexibility index (Phi) is 5.53. The maximum absolute atomic E-state index is 14.2. The monoisotopic (exact) mass is 297 g/mol. The highest BCUT2D eigenvalue weighted by Gasteiger charge is 2.21. The Morgan fingerprint density at radius 3 is 2.33 bits per heavy atom. The average molecular weight is 297 g/mol. The third-order valence-corrected chi connectivity index (χ3v) is 4.21. The lowest BCUT2D eigenvalue weighted by atomic mass is 9.96. The fraction of sp³-hybridized carbons (Fsp3) is 0.625. The zero-order valence-electron chi connectivity index (χ0n) is 13.1. The van der Waals surface area contributed by atoms with Gasteiger partial charge in [0.25, 0.3) is 0 Å². The quantitative estimate of drug-likeness (QED) is 0.901. The SMILES string of the molecule is CNCc1cc(F)c(N(C)CC2CCN(C)CC2)c(F)c1. The molecule has 0 aromatic heterocycles. The van der Waals surface area contributed by atoms with Gasteiger partial charge in [0.1, 0.15) is 17.3 Å². The van der Waals surface area contributed by atoms with Crippen molar-refractivity contribution in [1.29, 1.82) is 0 Å². The van der Waals surface area contributed by atoms with Crippen LogP contribution in [0.1, 0.15) is 18.4 Å². The molecule has 1 saturated heterocycles. The minimum atomic E-state index is -0.476. The predicted octanol–water partition coefficient (Wildman–Crippen LogP) is 2.46. The number of hydrogen-bond donors (Lipinski definition) is 1. The molecule has 0 atom stereocenters. The van der Waals surface area contributed by atoms with Gasteiger partial charge in [-0.05, 0) is 63.6 Å². The topological polar surface area (TPSA) is 18.5 Å². The van der Waals surface area contributed by atoms with Crippen LogP contribution in [0.4, 0.5) is 14.5 Å². The first-order chi connectivity index (χ1) is 10.0. The molecule has 1 heterocycles. The van der Waals surface area contributed by atoms with Crippen molar-refractivity contribution in [2.24, 2.45) is 5.92 Å². The van der Waals surface area contributed by atoms with Crippen LogP contribution in [-0.2, 0) is 6.54 Å². The van der Waals surface area contributed by atoms with Gasteiger partial charge in [-0.2, -0.15) is 0 Å². The van der Waals surface area contributed by atoms with Gasteiger partial charge in [-0.15, -0.1) is 0 Å². The van der Waals surface area contributed by atoms with Gasteiger partial charge < -0.3 is 15.1 Å². The summed E-state index contributed by atoms with van der Waals surface area (Å²) in [5.74, 6) is -0.451. The Balaban J connectivity index is 2.06. The molecule has 0 spiro atoms. The standard InChI is InChI=1S/C16H25F2N3/c1-19-10-13-8-14(17)16(15(18)9-13)21(3)11-12-4-6-20(2)7-5-12/h8-9,12,19H,4-7,10-11H2,1-3H3. The molecule has 0 bridgehead atoms. The van der Waals surface area contributed by atoms with Crippen LogP contribution in [-0.4, -0.2) is 45.7 Å². The first kappa shape index (κ1) is 16.2. The van der Waals surface area contributed by atoms with E-state index in [1.165, 1.54) is 12.1 Å². The molecule has 0 amide bonds. The summed E-state index contributed by atoms with van der Waals surface area (Å²) in [6.07, 6.45) is 2.17. The van der Waals surface area contributed by atoms with Gasteiger partial charge in [0.15, 0.2) is 0 Å². The zero-order valence-corrected chi connectivity index (χ0v) is 13.1. The van der Waals surface area contributed by atoms with Crippen LogP contribution in [0.3, 0.4) is 0 Å². The molecule has 0 radical (unpaired) electrons. The number of likely N-dealkylation sites (tertiary alicyclic amines) is 1. The molecule has 3 nitrogen and oxygen atoms in total. The van der Waals surface area contributed by atoms with Crippen molar-refractivity contribution >= 4 is 5.69 Å². The summed E-state index contributed by atoms with van der Waals surface area (Å²) in [7, 11) is 5.65. The van der Waals surface area contributed by atoms with Crippen molar-refractivity contribution < 1.29 is 8.78 Å². The molecule has 1 N–H and O–H groups in total. The third-order valence-electron chi connectivity index (χ3n) is 4.21. The molecule has 0 aliphatic carbocycles. The molecule has 21 heavy (non-hydrogen) atoms. The molecule has 0 saturated carbocycles. The van der Waals surface area contributed by atoms with Gasteiger partial charge in [0.2, 0.25) is 0 Å². The maximum Gasteiger partial charge on any atom is 0.149 e. The number of halogens is 2. The Hall–Kier alpha value is -1.20. The Bertz CT molecular complexity index is 448. The van der Waals surface area contributed by atoms with Gasteiger partial charge in [0.05, 0.1) is 0 Å². The van der Waals surface area contributed by atoms with Crippen LogP contribution >= 0.6 is 0 Å². The lowest BCUT2D eigenvalue weighted by Crippen LogP contribution is -2.36. The predicted molar refractivity (Wildman–Crippen MR) is 82.6 cm³/mol. The number of rotatable bonds is 5. The first-order valence-corrected chi connectivity index (χ1v) is 7.53. The summed E-state index contributed by atoms with van der Waals surface area (Å²) in [6.45, 7) is 3.29. The van der Waals surface area contributed by atoms with Crippen LogP contribution in [0, 0.1) is 17.6 Å². The van der Waals surface area contributed by atoms with Crippen LogP contribution in [0.25, 0.3) is 0 Å². The summed E-state index contributed by atoms with van der Waals surface area (Å²) in [6, 6.07) is 2.83. The molecule has 1 aromatic carbocycles. The molecule has 1 fully saturated rings. The van der Waals surface area contributed by atoms with Crippen molar-refractivity contribution in [2.45, 2.75) is 19.4 Å². The number of piperidine rings is 1. The van der Waals surface area contributed by atoms with E-state index >= 15 is 0 Å². The number of nitrogens with one attached hydrogen (secondary N) is 1. The number of nitrogens with zero attached hydrogens (tertiary/aromatic N) is 2. The van der Waals surface area contributed by atoms with Gasteiger partial charge >= 0.3 is 0 Å². The summed E-state index contributed by atoms with van der Waals surface area (Å²) in [4.78, 5) is 4.02. The van der Waals surface area contributed by atoms with E-state index in [0.717, 1.165) is 25.9 Å². The second-order valence-electron chi connectivity index (χ2n) is 6.07. The van der Waals surface area contributed by atoms with Gasteiger partial charge in [-0.1, -0.05) is 0 Å². The normalized spacial score (nSPS) is 17.2. The van der Waals surface area contributed by atoms with Crippen molar-refractivity contribution in [3.63, 3.8) is 0 Å². The summed E-state index contributed by atoms with van der Waals surface area (Å²) >= 11 is 0. The van der Waals surface area contributed by atoms with E-state index in [2.05, 4.69) is 17.3 Å². The van der Waals surface area contributed by atoms with E-state index in [1.807, 2.05) is 0 Å². The zero-order chi connectivity index (χ0) is 15.4. The molecule has 0 unspecified atom stereocenters. The lowest BCUT2D eigenvalue weighted by Gasteiger charge is -2.32. The molecular weight excluding hydrogens is 272 g/mol. The highest BCUT2D eigenvalue weighted by atomic mass is 19.1. The third kappa shape index (κ3) is 4.14. The second-order valence-corrected chi connectivity index (χ2v) is 6.07. The largest absolute Gasteiger partial charge is 0.370 e. The van der Waals surface area contributed by atoms with Crippen molar-refractivity contribution in [1.82, 2.24) is 10.2 Å². The molecule has 1 aromatic rings. The minimum absolute atomic E-state index is 0.0915. The van der Waals surface area contributed by atoms with E-state index in [1.54, 1.807) is 19.0 Å². The molecule has 118 valence electrons. The maximum atomic E-state index is 14.2. The summed E-state index contributed by atoms with van der Waals surface area (Å²) in [5.41, 5.74) is 0.720. The van der Waals surface area contributed by atoms with Gasteiger partial charge in [-0.3, -0.25) is 0 Å². The molecule has 5 heteroatoms. The fourth-order valence-corrected chi connectivity index (χ4v) is 3.01. The van der Waals surface area contributed by atoms with Crippen molar-refractivity contribution in [2.75, 3.05) is 45.7 Å². The smallest absolute Gasteiger partial charge is 0.149 e. The highest BCUT2D eigenvalue weighted by molar-refractivity contribution is 5.50. The van der Waals surface area contributed by atoms with Crippen molar-refractivity contribution in [3.8, 4) is 0 Å². The second kappa shape index (κ2) is 7.18. The lowest BCUT2D eigenvalue weighted by molar-refractivity contribution is 0.222. The van der Waals surface area contributed by atoms with Crippen LogP contribution in [0.5, 0.6) is 0 Å². The summed E-state index contributed by atoms with van der Waals surface area (Å²) in [5, 5.41) is 2.91. The minimum Gasteiger partial charge on any atom is -0.370 e. The van der Waals surface area contributed by atoms with Crippen LogP contribution in [0.2, 0.25) is 0 Å². The Morgan fingerprint density at radius 2 is 1.81 bits per heavy atom. The van der Waals surface area contributed by atoms with E-state index in [-0.39, 0.29) is 5.69 Å². The van der Waals surface area contributed by atoms with Crippen LogP contribution in [0.15, 0.2) is 12.1 Å². The fourth-order valence-electron chi connectivity index (χ4n) is 3.01. The molecule has 2 rings (SSSR count). The van der Waals surface area contributed by atoms with Gasteiger partial charge in [-0.25, -0.2) is 8.78 Å². The Labute approximate surface area is 125 Å². The summed E-state index contributed by atoms with van der Waals surface area (Å²) < 4.78 is 28.4. The number of hydrogen-bond acceptors (Lipinski definition) is 3. The average Bonchev–Trinajstić information content (AvgIpc) is 2.41. The number of anilines is 1. The molecule has 1 aliphatic rings. The van der Waals surface area contributed by atoms with Crippen molar-refractivity contribution in [3.05, 3.63) is 29.3 Å². The van der Waals surface area contributed by atoms with E-state index < -0.39 is 11.6 Å². The highest BCUT2D eigenvalue weighted by Crippen LogP contribution is 2.26. The number of benzene rings is 1. The van der Waals surface area contributed by atoms with E-state index in [4.69, 9.17) is 0 Å². The Morgan fingerprint density at radius 1 is 1.24 bits per heavy atom. The van der Waals surface area contributed by atoms with Crippen LogP contribution < -0.4 is 10.2 Å². The van der Waals surface area contributed by atoms with Gasteiger partial charge in [0, 0.05) is 20.1 Å². The van der Waals surface area contributed by atoms with E-state index in [9.17, 15) is 8.78 Å². The first-order valence-electron chi connectivity index (χ1n) is 7.53. The molecule has 1 aliphatic heterocycles.